The Morgan fingerprint density at radius 1 is 1.48 bits per heavy atom. The highest BCUT2D eigenvalue weighted by Gasteiger charge is 2.36. The maximum atomic E-state index is 13.3. The van der Waals surface area contributed by atoms with Crippen molar-refractivity contribution in [2.75, 3.05) is 6.54 Å². The number of carbonyl (C=O) groups is 1. The van der Waals surface area contributed by atoms with Crippen molar-refractivity contribution in [2.24, 2.45) is 17.1 Å². The Kier molecular flexibility index (Phi) is 4.33. The van der Waals surface area contributed by atoms with E-state index in [9.17, 15) is 9.18 Å². The average molecular weight is 308 g/mol. The Morgan fingerprint density at radius 2 is 2.14 bits per heavy atom. The Hall–Kier alpha value is -1.49. The molecule has 1 aliphatic heterocycles. The van der Waals surface area contributed by atoms with Gasteiger partial charge in [-0.15, -0.1) is 0 Å². The smallest absolute Gasteiger partial charge is 0.223 e. The quantitative estimate of drug-likeness (QED) is 0.873. The molecule has 1 aromatic rings. The average Bonchev–Trinajstić information content (AvgIpc) is 2.73. The molecule has 1 unspecified atom stereocenters. The fourth-order valence-electron chi connectivity index (χ4n) is 2.63. The second-order valence-corrected chi connectivity index (χ2v) is 7.15. The van der Waals surface area contributed by atoms with Crippen LogP contribution < -0.4 is 5.73 Å². The Bertz CT molecular complexity index is 580. The maximum absolute atomic E-state index is 13.3. The Balaban J connectivity index is 2.20. The number of nitrogens with zero attached hydrogens (tertiary/aromatic N) is 1. The minimum atomic E-state index is -0.373. The number of likely N-dealkylation sites (tertiary alicyclic amines) is 1. The van der Waals surface area contributed by atoms with Gasteiger partial charge in [0, 0.05) is 25.1 Å². The molecule has 1 aliphatic rings. The first kappa shape index (κ1) is 15.9. The molecule has 1 amide bonds. The highest BCUT2D eigenvalue weighted by molar-refractivity contribution is 7.80. The number of hydrogen-bond donors (Lipinski definition) is 1. The van der Waals surface area contributed by atoms with E-state index in [0.29, 0.717) is 24.4 Å². The molecule has 0 saturated carbocycles. The van der Waals surface area contributed by atoms with Crippen LogP contribution in [0.3, 0.4) is 0 Å². The fourth-order valence-corrected chi connectivity index (χ4v) is 2.82. The van der Waals surface area contributed by atoms with E-state index in [2.05, 4.69) is 20.8 Å². The summed E-state index contributed by atoms with van der Waals surface area (Å²) >= 11 is 4.97. The zero-order chi connectivity index (χ0) is 15.8. The van der Waals surface area contributed by atoms with Gasteiger partial charge in [0.05, 0.1) is 0 Å². The van der Waals surface area contributed by atoms with E-state index in [1.807, 2.05) is 4.90 Å². The number of halogens is 1. The minimum absolute atomic E-state index is 0.0964. The van der Waals surface area contributed by atoms with Gasteiger partial charge in [-0.3, -0.25) is 4.79 Å². The summed E-state index contributed by atoms with van der Waals surface area (Å²) in [6.45, 7) is 7.58. The van der Waals surface area contributed by atoms with Crippen molar-refractivity contribution in [2.45, 2.75) is 33.7 Å². The monoisotopic (exact) mass is 308 g/mol. The van der Waals surface area contributed by atoms with Crippen molar-refractivity contribution in [3.8, 4) is 0 Å². The third kappa shape index (κ3) is 3.59. The largest absolute Gasteiger partial charge is 0.389 e. The van der Waals surface area contributed by atoms with E-state index in [-0.39, 0.29) is 22.1 Å². The first-order chi connectivity index (χ1) is 9.68. The number of thiocarbonyl (C=S) groups is 1. The Morgan fingerprint density at radius 3 is 2.67 bits per heavy atom. The van der Waals surface area contributed by atoms with Gasteiger partial charge >= 0.3 is 0 Å². The topological polar surface area (TPSA) is 46.3 Å². The molecular weight excluding hydrogens is 287 g/mol. The van der Waals surface area contributed by atoms with Crippen LogP contribution in [0, 0.1) is 17.2 Å². The van der Waals surface area contributed by atoms with Gasteiger partial charge in [-0.25, -0.2) is 4.39 Å². The number of carbonyl (C=O) groups excluding carboxylic acids is 1. The van der Waals surface area contributed by atoms with Crippen molar-refractivity contribution in [1.29, 1.82) is 0 Å². The van der Waals surface area contributed by atoms with Gasteiger partial charge in [0.15, 0.2) is 0 Å². The van der Waals surface area contributed by atoms with Crippen LogP contribution in [0.1, 0.15) is 38.3 Å². The van der Waals surface area contributed by atoms with Gasteiger partial charge in [-0.1, -0.05) is 39.1 Å². The maximum Gasteiger partial charge on any atom is 0.223 e. The molecule has 1 fully saturated rings. The third-order valence-electron chi connectivity index (χ3n) is 4.14. The molecule has 0 radical (unpaired) electrons. The lowest BCUT2D eigenvalue weighted by Crippen LogP contribution is -2.28. The van der Waals surface area contributed by atoms with E-state index >= 15 is 0 Å². The standard InChI is InChI=1S/C16H21FN2OS/c1-16(2,3)11-6-14(20)19(9-11)8-10-4-5-12(17)7-13(10)15(18)21/h4-5,7,11H,6,8-9H2,1-3H3,(H2,18,21). The van der Waals surface area contributed by atoms with Crippen LogP contribution in [0.4, 0.5) is 4.39 Å². The van der Waals surface area contributed by atoms with E-state index in [0.717, 1.165) is 12.1 Å². The summed E-state index contributed by atoms with van der Waals surface area (Å²) in [5.41, 5.74) is 7.06. The summed E-state index contributed by atoms with van der Waals surface area (Å²) in [5.74, 6) is 0.0914. The lowest BCUT2D eigenvalue weighted by molar-refractivity contribution is -0.128. The third-order valence-corrected chi connectivity index (χ3v) is 4.36. The van der Waals surface area contributed by atoms with Crippen LogP contribution in [0.5, 0.6) is 0 Å². The number of rotatable bonds is 3. The van der Waals surface area contributed by atoms with Crippen molar-refractivity contribution < 1.29 is 9.18 Å². The van der Waals surface area contributed by atoms with Gasteiger partial charge in [-0.2, -0.15) is 0 Å². The van der Waals surface area contributed by atoms with Gasteiger partial charge in [0.1, 0.15) is 10.8 Å². The van der Waals surface area contributed by atoms with Crippen LogP contribution in [0.2, 0.25) is 0 Å². The van der Waals surface area contributed by atoms with Crippen molar-refractivity contribution in [3.05, 3.63) is 35.1 Å². The Labute approximate surface area is 130 Å². The number of benzene rings is 1. The highest BCUT2D eigenvalue weighted by atomic mass is 32.1. The van der Waals surface area contributed by atoms with Gasteiger partial charge in [0.25, 0.3) is 0 Å². The second kappa shape index (κ2) is 5.72. The summed E-state index contributed by atoms with van der Waals surface area (Å²) < 4.78 is 13.3. The molecule has 0 bridgehead atoms. The molecule has 2 rings (SSSR count). The molecule has 114 valence electrons. The molecule has 21 heavy (non-hydrogen) atoms. The van der Waals surface area contributed by atoms with Crippen LogP contribution in [0.25, 0.3) is 0 Å². The minimum Gasteiger partial charge on any atom is -0.389 e. The zero-order valence-corrected chi connectivity index (χ0v) is 13.5. The zero-order valence-electron chi connectivity index (χ0n) is 12.6. The van der Waals surface area contributed by atoms with Crippen molar-refractivity contribution in [3.63, 3.8) is 0 Å². The number of hydrogen-bond acceptors (Lipinski definition) is 2. The number of amides is 1. The molecule has 1 heterocycles. The van der Waals surface area contributed by atoms with Crippen LogP contribution in [-0.2, 0) is 11.3 Å². The van der Waals surface area contributed by atoms with Crippen molar-refractivity contribution in [1.82, 2.24) is 4.90 Å². The van der Waals surface area contributed by atoms with Crippen molar-refractivity contribution >= 4 is 23.1 Å². The van der Waals surface area contributed by atoms with E-state index in [1.54, 1.807) is 6.07 Å². The lowest BCUT2D eigenvalue weighted by Gasteiger charge is -2.26. The molecule has 2 N–H and O–H groups in total. The molecule has 5 heteroatoms. The predicted molar refractivity (Wildman–Crippen MR) is 85.3 cm³/mol. The van der Waals surface area contributed by atoms with Crippen LogP contribution >= 0.6 is 12.2 Å². The molecule has 1 saturated heterocycles. The van der Waals surface area contributed by atoms with Gasteiger partial charge in [0.2, 0.25) is 5.91 Å². The first-order valence-electron chi connectivity index (χ1n) is 7.04. The highest BCUT2D eigenvalue weighted by Crippen LogP contribution is 2.35. The number of nitrogens with two attached hydrogens (primary N) is 1. The molecule has 0 aromatic heterocycles. The van der Waals surface area contributed by atoms with Crippen LogP contribution in [-0.4, -0.2) is 22.3 Å². The summed E-state index contributed by atoms with van der Waals surface area (Å²) in [6.07, 6.45) is 0.563. The molecule has 3 nitrogen and oxygen atoms in total. The van der Waals surface area contributed by atoms with Gasteiger partial charge in [-0.05, 0) is 29.0 Å². The van der Waals surface area contributed by atoms with Crippen LogP contribution in [0.15, 0.2) is 18.2 Å². The predicted octanol–water partition coefficient (Wildman–Crippen LogP) is 2.85. The normalized spacial score (nSPS) is 19.1. The summed E-state index contributed by atoms with van der Waals surface area (Å²) in [5, 5.41) is 0. The lowest BCUT2D eigenvalue weighted by atomic mass is 9.80. The summed E-state index contributed by atoms with van der Waals surface area (Å²) in [7, 11) is 0. The molecule has 0 spiro atoms. The fraction of sp³-hybridized carbons (Fsp3) is 0.500. The van der Waals surface area contributed by atoms with E-state index in [4.69, 9.17) is 18.0 Å². The first-order valence-corrected chi connectivity index (χ1v) is 7.45. The summed E-state index contributed by atoms with van der Waals surface area (Å²) in [4.78, 5) is 14.1. The molecule has 1 atom stereocenters. The summed E-state index contributed by atoms with van der Waals surface area (Å²) in [6, 6.07) is 4.36. The second-order valence-electron chi connectivity index (χ2n) is 6.71. The SMILES string of the molecule is CC(C)(C)C1CC(=O)N(Cc2ccc(F)cc2C(N)=S)C1. The molecule has 1 aromatic carbocycles. The van der Waals surface area contributed by atoms with Gasteiger partial charge < -0.3 is 10.6 Å². The molecule has 0 aliphatic carbocycles. The van der Waals surface area contributed by atoms with E-state index < -0.39 is 0 Å². The molecular formula is C16H21FN2OS. The van der Waals surface area contributed by atoms with E-state index in [1.165, 1.54) is 12.1 Å².